The third-order valence-electron chi connectivity index (χ3n) is 4.28. The van der Waals surface area contributed by atoms with Crippen LogP contribution in [0.25, 0.3) is 0 Å². The quantitative estimate of drug-likeness (QED) is 0.767. The van der Waals surface area contributed by atoms with Gasteiger partial charge in [0, 0.05) is 25.1 Å². The van der Waals surface area contributed by atoms with Crippen molar-refractivity contribution in [3.05, 3.63) is 28.5 Å². The lowest BCUT2D eigenvalue weighted by molar-refractivity contribution is -0.144. The first kappa shape index (κ1) is 17.0. The molecule has 2 saturated heterocycles. The first-order valence-electron chi connectivity index (χ1n) is 7.74. The minimum Gasteiger partial charge on any atom is -0.464 e. The number of fused-ring (bicyclic) bond motifs is 1. The first-order valence-corrected chi connectivity index (χ1v) is 8.11. The van der Waals surface area contributed by atoms with E-state index in [1.807, 2.05) is 4.90 Å². The van der Waals surface area contributed by atoms with E-state index < -0.39 is 17.9 Å². The number of hydrogen-bond donors (Lipinski definition) is 1. The smallest absolute Gasteiger partial charge is 0.335 e. The highest BCUT2D eigenvalue weighted by Crippen LogP contribution is 2.37. The maximum absolute atomic E-state index is 13.3. The second-order valence-corrected chi connectivity index (χ2v) is 6.12. The van der Waals surface area contributed by atoms with Crippen LogP contribution in [-0.4, -0.2) is 48.9 Å². The maximum Gasteiger partial charge on any atom is 0.335 e. The van der Waals surface area contributed by atoms with Crippen molar-refractivity contribution in [2.45, 2.75) is 31.4 Å². The molecule has 0 amide bonds. The first-order chi connectivity index (χ1) is 11.5. The van der Waals surface area contributed by atoms with E-state index in [1.54, 1.807) is 6.07 Å². The van der Waals surface area contributed by atoms with Gasteiger partial charge in [0.25, 0.3) is 0 Å². The van der Waals surface area contributed by atoms with Gasteiger partial charge in [-0.2, -0.15) is 0 Å². The summed E-state index contributed by atoms with van der Waals surface area (Å²) in [6.45, 7) is 1.53. The standard InChI is InChI=1S/C12H11ClFNO2.C4H6O3/c13-11-7-3-5-15(9(7)2-1-8(11)14)10-4-6-17-12(10)16;5-3-1-2-7-4(3)6/h1-2,10H,3-6H2;3,5H,1-2H2/t10-;3-/m01/s1. The zero-order valence-corrected chi connectivity index (χ0v) is 13.6. The lowest BCUT2D eigenvalue weighted by Gasteiger charge is -2.23. The van der Waals surface area contributed by atoms with E-state index in [0.717, 1.165) is 11.3 Å². The average Bonchev–Trinajstić information content (AvgIpc) is 3.25. The summed E-state index contributed by atoms with van der Waals surface area (Å²) in [7, 11) is 0. The summed E-state index contributed by atoms with van der Waals surface area (Å²) in [5, 5.41) is 8.70. The second kappa shape index (κ2) is 6.94. The predicted octanol–water partition coefficient (Wildman–Crippen LogP) is 1.45. The number of anilines is 1. The normalized spacial score (nSPS) is 25.0. The van der Waals surface area contributed by atoms with Crippen LogP contribution >= 0.6 is 11.6 Å². The molecule has 3 heterocycles. The van der Waals surface area contributed by atoms with E-state index in [9.17, 15) is 14.0 Å². The van der Waals surface area contributed by atoms with Gasteiger partial charge >= 0.3 is 11.9 Å². The molecule has 1 aromatic carbocycles. The van der Waals surface area contributed by atoms with E-state index >= 15 is 0 Å². The second-order valence-electron chi connectivity index (χ2n) is 5.75. The van der Waals surface area contributed by atoms with Crippen molar-refractivity contribution < 1.29 is 28.6 Å². The highest BCUT2D eigenvalue weighted by molar-refractivity contribution is 6.32. The molecule has 3 aliphatic rings. The number of aliphatic hydroxyl groups is 1. The lowest BCUT2D eigenvalue weighted by atomic mass is 10.1. The summed E-state index contributed by atoms with van der Waals surface area (Å²) in [4.78, 5) is 23.6. The van der Waals surface area contributed by atoms with Gasteiger partial charge in [-0.05, 0) is 24.1 Å². The van der Waals surface area contributed by atoms with Crippen LogP contribution in [-0.2, 0) is 25.5 Å². The van der Waals surface area contributed by atoms with E-state index in [0.29, 0.717) is 39.0 Å². The monoisotopic (exact) mass is 357 g/mol. The van der Waals surface area contributed by atoms with Gasteiger partial charge in [-0.1, -0.05) is 11.6 Å². The van der Waals surface area contributed by atoms with Crippen molar-refractivity contribution in [1.29, 1.82) is 0 Å². The number of aliphatic hydroxyl groups excluding tert-OH is 1. The molecule has 2 atom stereocenters. The van der Waals surface area contributed by atoms with Crippen molar-refractivity contribution in [2.75, 3.05) is 24.7 Å². The fraction of sp³-hybridized carbons (Fsp3) is 0.500. The number of halogens is 2. The Morgan fingerprint density at radius 2 is 1.88 bits per heavy atom. The number of nitrogens with zero attached hydrogens (tertiary/aromatic N) is 1. The van der Waals surface area contributed by atoms with E-state index in [4.69, 9.17) is 21.4 Å². The largest absolute Gasteiger partial charge is 0.464 e. The highest BCUT2D eigenvalue weighted by Gasteiger charge is 2.36. The number of carbonyl (C=O) groups excluding carboxylic acids is 2. The molecule has 0 aromatic heterocycles. The van der Waals surface area contributed by atoms with Gasteiger partial charge in [-0.15, -0.1) is 0 Å². The zero-order valence-electron chi connectivity index (χ0n) is 12.8. The molecule has 2 fully saturated rings. The van der Waals surface area contributed by atoms with Gasteiger partial charge in [0.1, 0.15) is 11.9 Å². The summed E-state index contributed by atoms with van der Waals surface area (Å²) in [5.74, 6) is -1.08. The predicted molar refractivity (Wildman–Crippen MR) is 83.4 cm³/mol. The maximum atomic E-state index is 13.3. The Labute approximate surface area is 143 Å². The highest BCUT2D eigenvalue weighted by atomic mass is 35.5. The summed E-state index contributed by atoms with van der Waals surface area (Å²) >= 11 is 5.93. The average molecular weight is 358 g/mol. The van der Waals surface area contributed by atoms with Gasteiger partial charge in [0.05, 0.1) is 18.2 Å². The van der Waals surface area contributed by atoms with Crippen LogP contribution < -0.4 is 4.90 Å². The third kappa shape index (κ3) is 3.18. The number of cyclic esters (lactones) is 2. The number of hydrogen-bond acceptors (Lipinski definition) is 6. The summed E-state index contributed by atoms with van der Waals surface area (Å²) < 4.78 is 22.6. The minimum absolute atomic E-state index is 0.177. The van der Waals surface area contributed by atoms with Crippen molar-refractivity contribution in [3.8, 4) is 0 Å². The molecule has 0 spiro atoms. The minimum atomic E-state index is -0.847. The topological polar surface area (TPSA) is 76.1 Å². The van der Waals surface area contributed by atoms with E-state index in [2.05, 4.69) is 4.74 Å². The number of rotatable bonds is 1. The molecule has 130 valence electrons. The van der Waals surface area contributed by atoms with Crippen LogP contribution in [0.15, 0.2) is 12.1 Å². The number of esters is 2. The molecule has 0 saturated carbocycles. The van der Waals surface area contributed by atoms with Crippen LogP contribution in [0.3, 0.4) is 0 Å². The van der Waals surface area contributed by atoms with E-state index in [1.165, 1.54) is 6.07 Å². The molecule has 0 bridgehead atoms. The fourth-order valence-electron chi connectivity index (χ4n) is 3.02. The zero-order chi connectivity index (χ0) is 17.3. The molecule has 24 heavy (non-hydrogen) atoms. The van der Waals surface area contributed by atoms with Crippen molar-refractivity contribution >= 4 is 29.2 Å². The van der Waals surface area contributed by atoms with Crippen molar-refractivity contribution in [1.82, 2.24) is 0 Å². The Balaban J connectivity index is 0.000000203. The summed E-state index contributed by atoms with van der Waals surface area (Å²) in [5.41, 5.74) is 1.66. The van der Waals surface area contributed by atoms with Gasteiger partial charge in [0.15, 0.2) is 6.10 Å². The molecule has 0 unspecified atom stereocenters. The molecule has 1 aromatic rings. The van der Waals surface area contributed by atoms with Crippen LogP contribution in [0, 0.1) is 5.82 Å². The molecular weight excluding hydrogens is 341 g/mol. The number of ether oxygens (including phenoxy) is 2. The van der Waals surface area contributed by atoms with Crippen molar-refractivity contribution in [3.63, 3.8) is 0 Å². The Morgan fingerprint density at radius 1 is 1.17 bits per heavy atom. The summed E-state index contributed by atoms with van der Waals surface area (Å²) in [6, 6.07) is 2.80. The fourth-order valence-corrected chi connectivity index (χ4v) is 3.27. The Hall–Kier alpha value is -1.86. The van der Waals surface area contributed by atoms with Gasteiger partial charge < -0.3 is 19.5 Å². The molecule has 4 rings (SSSR count). The van der Waals surface area contributed by atoms with Gasteiger partial charge in [-0.3, -0.25) is 0 Å². The van der Waals surface area contributed by atoms with E-state index in [-0.39, 0.29) is 17.0 Å². The Morgan fingerprint density at radius 3 is 2.42 bits per heavy atom. The number of benzene rings is 1. The summed E-state index contributed by atoms with van der Waals surface area (Å²) in [6.07, 6.45) is 0.974. The molecule has 8 heteroatoms. The Kier molecular flexibility index (Phi) is 4.91. The molecule has 1 N–H and O–H groups in total. The molecule has 0 aliphatic carbocycles. The molecule has 3 aliphatic heterocycles. The number of carbonyl (C=O) groups is 2. The van der Waals surface area contributed by atoms with Crippen molar-refractivity contribution in [2.24, 2.45) is 0 Å². The van der Waals surface area contributed by atoms with Gasteiger partial charge in [0.2, 0.25) is 0 Å². The third-order valence-corrected chi connectivity index (χ3v) is 4.68. The SMILES string of the molecule is O=C1OCC[C@@H]1N1CCc2c1ccc(F)c2Cl.O=C1OCC[C@H]1O. The molecule has 0 radical (unpaired) electrons. The van der Waals surface area contributed by atoms with Crippen LogP contribution in [0.2, 0.25) is 5.02 Å². The Bertz CT molecular complexity index is 668. The van der Waals surface area contributed by atoms with Crippen LogP contribution in [0.1, 0.15) is 18.4 Å². The van der Waals surface area contributed by atoms with Crippen LogP contribution in [0.5, 0.6) is 0 Å². The van der Waals surface area contributed by atoms with Crippen LogP contribution in [0.4, 0.5) is 10.1 Å². The van der Waals surface area contributed by atoms with Gasteiger partial charge in [-0.25, -0.2) is 14.0 Å². The lowest BCUT2D eigenvalue weighted by Crippen LogP contribution is -2.37. The molecule has 6 nitrogen and oxygen atoms in total. The molecular formula is C16H17ClFNO5.